The van der Waals surface area contributed by atoms with Gasteiger partial charge in [-0.2, -0.15) is 0 Å². The Labute approximate surface area is 197 Å². The van der Waals surface area contributed by atoms with Crippen LogP contribution in [0.25, 0.3) is 11.0 Å². The first-order valence-corrected chi connectivity index (χ1v) is 11.2. The number of hydrogen-bond donors (Lipinski definition) is 3. The zero-order valence-corrected chi connectivity index (χ0v) is 20.0. The van der Waals surface area contributed by atoms with Crippen LogP contribution in [0.15, 0.2) is 41.5 Å². The summed E-state index contributed by atoms with van der Waals surface area (Å²) in [6, 6.07) is 5.47. The fourth-order valence-electron chi connectivity index (χ4n) is 3.44. The third kappa shape index (κ3) is 5.64. The molecule has 3 heterocycles. The van der Waals surface area contributed by atoms with Crippen LogP contribution in [0.1, 0.15) is 61.6 Å². The lowest BCUT2D eigenvalue weighted by molar-refractivity contribution is -0.116. The van der Waals surface area contributed by atoms with Crippen molar-refractivity contribution in [2.75, 3.05) is 5.32 Å². The average Bonchev–Trinajstić information content (AvgIpc) is 3.24. The van der Waals surface area contributed by atoms with E-state index in [1.807, 2.05) is 39.0 Å². The van der Waals surface area contributed by atoms with Crippen molar-refractivity contribution < 1.29 is 14.4 Å². The molecule has 1 atom stereocenters. The molecule has 2 aromatic heterocycles. The highest BCUT2D eigenvalue weighted by atomic mass is 16.6. The molecule has 0 bridgehead atoms. The van der Waals surface area contributed by atoms with Gasteiger partial charge >= 0.3 is 0 Å². The number of benzene rings is 1. The third-order valence-corrected chi connectivity index (χ3v) is 5.07. The molecule has 10 nitrogen and oxygen atoms in total. The molecule has 0 aliphatic carbocycles. The topological polar surface area (TPSA) is 134 Å². The Morgan fingerprint density at radius 2 is 2.06 bits per heavy atom. The van der Waals surface area contributed by atoms with Crippen molar-refractivity contribution in [1.29, 1.82) is 0 Å². The Hall–Kier alpha value is -4.08. The Balaban J connectivity index is 0.00000158. The molecule has 0 spiro atoms. The van der Waals surface area contributed by atoms with Crippen LogP contribution < -0.4 is 10.6 Å². The van der Waals surface area contributed by atoms with Crippen molar-refractivity contribution in [3.05, 3.63) is 59.0 Å². The van der Waals surface area contributed by atoms with Crippen molar-refractivity contribution in [3.63, 3.8) is 0 Å². The normalized spacial score (nSPS) is 14.1. The van der Waals surface area contributed by atoms with Crippen LogP contribution in [0.4, 0.5) is 5.82 Å². The Morgan fingerprint density at radius 1 is 1.26 bits per heavy atom. The fraction of sp³-hybridized carbons (Fsp3) is 0.333. The summed E-state index contributed by atoms with van der Waals surface area (Å²) in [4.78, 5) is 45.6. The number of aromatic nitrogens is 4. The van der Waals surface area contributed by atoms with E-state index in [-0.39, 0.29) is 23.9 Å². The summed E-state index contributed by atoms with van der Waals surface area (Å²) >= 11 is 0. The predicted molar refractivity (Wildman–Crippen MR) is 131 cm³/mol. The number of rotatable bonds is 6. The fourth-order valence-corrected chi connectivity index (χ4v) is 3.44. The van der Waals surface area contributed by atoms with Crippen molar-refractivity contribution in [2.24, 2.45) is 5.16 Å². The molecule has 0 saturated heterocycles. The summed E-state index contributed by atoms with van der Waals surface area (Å²) in [6.45, 7) is 9.58. The average molecular weight is 464 g/mol. The van der Waals surface area contributed by atoms with Gasteiger partial charge in [0.25, 0.3) is 5.91 Å². The van der Waals surface area contributed by atoms with E-state index in [1.54, 1.807) is 19.9 Å². The predicted octanol–water partition coefficient (Wildman–Crippen LogP) is 3.65. The van der Waals surface area contributed by atoms with Crippen molar-refractivity contribution >= 4 is 34.9 Å². The number of amides is 2. The Bertz CT molecular complexity index is 1250. The van der Waals surface area contributed by atoms with Crippen LogP contribution in [-0.2, 0) is 16.1 Å². The summed E-state index contributed by atoms with van der Waals surface area (Å²) in [5.74, 6) is 0.886. The van der Waals surface area contributed by atoms with E-state index in [1.165, 1.54) is 12.5 Å². The van der Waals surface area contributed by atoms with Crippen molar-refractivity contribution in [1.82, 2.24) is 25.3 Å². The van der Waals surface area contributed by atoms with E-state index in [4.69, 9.17) is 4.84 Å². The number of fused-ring (bicyclic) bond motifs is 2. The zero-order chi connectivity index (χ0) is 24.7. The number of aryl methyl sites for hydroxylation is 1. The number of imidazole rings is 1. The number of hydrogen-bond acceptors (Lipinski definition) is 7. The summed E-state index contributed by atoms with van der Waals surface area (Å²) in [5, 5.41) is 9.52. The highest BCUT2D eigenvalue weighted by Crippen LogP contribution is 2.22. The molecule has 1 aliphatic heterocycles. The summed E-state index contributed by atoms with van der Waals surface area (Å²) in [5.41, 5.74) is 3.75. The number of aromatic amines is 1. The molecular formula is C24H29N7O3. The molecule has 1 aliphatic rings. The zero-order valence-electron chi connectivity index (χ0n) is 20.0. The molecule has 34 heavy (non-hydrogen) atoms. The lowest BCUT2D eigenvalue weighted by Gasteiger charge is -2.19. The lowest BCUT2D eigenvalue weighted by atomic mass is 10.0. The third-order valence-electron chi connectivity index (χ3n) is 5.07. The van der Waals surface area contributed by atoms with Crippen LogP contribution >= 0.6 is 0 Å². The molecule has 3 aromatic rings. The first kappa shape index (κ1) is 24.6. The minimum absolute atomic E-state index is 0.127. The van der Waals surface area contributed by atoms with Gasteiger partial charge in [-0.15, -0.1) is 0 Å². The number of anilines is 1. The smallest absolute Gasteiger partial charge is 0.270 e. The molecule has 0 radical (unpaired) electrons. The largest absolute Gasteiger partial charge is 0.359 e. The lowest BCUT2D eigenvalue weighted by Crippen LogP contribution is -2.36. The minimum atomic E-state index is -0.466. The van der Waals surface area contributed by atoms with Crippen molar-refractivity contribution in [3.8, 4) is 0 Å². The number of carbonyl (C=O) groups excluding carboxylic acids is 2. The molecule has 10 heteroatoms. The van der Waals surface area contributed by atoms with E-state index in [0.29, 0.717) is 29.4 Å². The van der Waals surface area contributed by atoms with Gasteiger partial charge in [0.15, 0.2) is 11.6 Å². The van der Waals surface area contributed by atoms with Crippen LogP contribution in [0, 0.1) is 6.92 Å². The van der Waals surface area contributed by atoms with Gasteiger partial charge in [0.1, 0.15) is 24.1 Å². The van der Waals surface area contributed by atoms with Gasteiger partial charge in [0.2, 0.25) is 5.91 Å². The number of carbonyl (C=O) groups is 2. The number of oxime groups is 1. The standard InChI is InChI=1S/C22H23N7O3.C2H6/c1-4-17(32-25-10-18-27-15-7-5-12(2)9-16(15)28-18)13(3)26-22(31)20-14-6-8-19(30)29-21(14)24-11-23-20;1-2/h4-5,7,9-11,13H,6,8H2,1-3H3,(H,26,31)(H,27,28)(H,23,24,29,30);1-2H3/b17-4-,25-10+;. The van der Waals surface area contributed by atoms with Crippen LogP contribution in [0.2, 0.25) is 0 Å². The quantitative estimate of drug-likeness (QED) is 0.290. The molecule has 0 saturated carbocycles. The first-order valence-electron chi connectivity index (χ1n) is 11.2. The van der Waals surface area contributed by atoms with Crippen molar-refractivity contribution in [2.45, 2.75) is 53.5 Å². The van der Waals surface area contributed by atoms with Gasteiger partial charge in [0, 0.05) is 12.0 Å². The van der Waals surface area contributed by atoms with E-state index in [9.17, 15) is 9.59 Å². The Morgan fingerprint density at radius 3 is 2.82 bits per heavy atom. The SMILES string of the molecule is C/C=C(\O/N=C/c1nc2ccc(C)cc2[nH]1)C(C)NC(=O)c1ncnc2c1CCC(=O)N2.CC. The van der Waals surface area contributed by atoms with Crippen LogP contribution in [0.5, 0.6) is 0 Å². The molecule has 1 aromatic carbocycles. The maximum absolute atomic E-state index is 12.8. The molecule has 178 valence electrons. The van der Waals surface area contributed by atoms with E-state index < -0.39 is 6.04 Å². The first-order chi connectivity index (χ1) is 16.4. The number of allylic oxidation sites excluding steroid dienone is 1. The van der Waals surface area contributed by atoms with E-state index >= 15 is 0 Å². The van der Waals surface area contributed by atoms with Gasteiger partial charge < -0.3 is 20.5 Å². The highest BCUT2D eigenvalue weighted by Gasteiger charge is 2.25. The molecule has 4 rings (SSSR count). The van der Waals surface area contributed by atoms with Gasteiger partial charge in [-0.25, -0.2) is 15.0 Å². The van der Waals surface area contributed by atoms with Crippen LogP contribution in [-0.4, -0.2) is 44.0 Å². The molecule has 1 unspecified atom stereocenters. The van der Waals surface area contributed by atoms with Gasteiger partial charge in [0.05, 0.1) is 17.1 Å². The minimum Gasteiger partial charge on any atom is -0.359 e. The summed E-state index contributed by atoms with van der Waals surface area (Å²) in [6.07, 6.45) is 5.16. The number of H-pyrrole nitrogens is 1. The van der Waals surface area contributed by atoms with E-state index in [2.05, 4.69) is 35.7 Å². The van der Waals surface area contributed by atoms with E-state index in [0.717, 1.165) is 16.6 Å². The molecule has 3 N–H and O–H groups in total. The van der Waals surface area contributed by atoms with Crippen LogP contribution in [0.3, 0.4) is 0 Å². The molecular weight excluding hydrogens is 434 g/mol. The second kappa shape index (κ2) is 11.2. The maximum Gasteiger partial charge on any atom is 0.270 e. The second-order valence-corrected chi connectivity index (χ2v) is 7.45. The number of nitrogens with zero attached hydrogens (tertiary/aromatic N) is 4. The van der Waals surface area contributed by atoms with Gasteiger partial charge in [-0.3, -0.25) is 9.59 Å². The van der Waals surface area contributed by atoms with Gasteiger partial charge in [-0.05, 0) is 51.0 Å². The monoisotopic (exact) mass is 463 g/mol. The number of nitrogens with one attached hydrogen (secondary N) is 3. The molecule has 0 fully saturated rings. The summed E-state index contributed by atoms with van der Waals surface area (Å²) in [7, 11) is 0. The second-order valence-electron chi connectivity index (χ2n) is 7.45. The van der Waals surface area contributed by atoms with Gasteiger partial charge in [-0.1, -0.05) is 25.1 Å². The summed E-state index contributed by atoms with van der Waals surface area (Å²) < 4.78 is 0. The molecule has 2 amide bonds. The maximum atomic E-state index is 12.8. The Kier molecular flexibility index (Phi) is 8.07. The highest BCUT2D eigenvalue weighted by molar-refractivity contribution is 5.99.